The zero-order chi connectivity index (χ0) is 25.4. The number of carbonyl (C=O) groups is 2. The van der Waals surface area contributed by atoms with Gasteiger partial charge in [0, 0.05) is 45.3 Å². The Morgan fingerprint density at radius 1 is 1.06 bits per heavy atom. The fraction of sp³-hybridized carbons (Fsp3) is 0.440. The highest BCUT2D eigenvalue weighted by Crippen LogP contribution is 2.30. The average Bonchev–Trinajstić information content (AvgIpc) is 2.87. The first-order valence-electron chi connectivity index (χ1n) is 12.0. The average molecular weight is 502 g/mol. The first kappa shape index (κ1) is 26.5. The van der Waals surface area contributed by atoms with Crippen LogP contribution in [0.5, 0.6) is 0 Å². The first-order valence-corrected chi connectivity index (χ1v) is 13.5. The second kappa shape index (κ2) is 12.0. The molecule has 2 aromatic rings. The predicted molar refractivity (Wildman–Crippen MR) is 138 cm³/mol. The highest BCUT2D eigenvalue weighted by molar-refractivity contribution is 7.92. The van der Waals surface area contributed by atoms with Crippen molar-refractivity contribution >= 4 is 33.2 Å². The van der Waals surface area contributed by atoms with E-state index < -0.39 is 10.0 Å². The van der Waals surface area contributed by atoms with Crippen LogP contribution in [0.2, 0.25) is 0 Å². The van der Waals surface area contributed by atoms with Gasteiger partial charge in [-0.15, -0.1) is 0 Å². The third-order valence-corrected chi connectivity index (χ3v) is 7.27. The van der Waals surface area contributed by atoms with Gasteiger partial charge in [0.15, 0.2) is 0 Å². The number of anilines is 2. The number of nitrogens with one attached hydrogen (secondary N) is 3. The molecule has 0 atom stereocenters. The number of benzene rings is 2. The summed E-state index contributed by atoms with van der Waals surface area (Å²) < 4.78 is 29.1. The number of piperazine rings is 1. The molecule has 0 bridgehead atoms. The molecule has 190 valence electrons. The lowest BCUT2D eigenvalue weighted by molar-refractivity contribution is -0.121. The van der Waals surface area contributed by atoms with Crippen LogP contribution in [0.15, 0.2) is 47.4 Å². The molecular weight excluding hydrogens is 466 g/mol. The van der Waals surface area contributed by atoms with Crippen molar-refractivity contribution < 1.29 is 18.0 Å². The number of amides is 2. The standard InChI is InChI=1S/C25H35N5O4S/c1-4-12-27-24(31)18-29(3)25(32)20-8-11-23(30-15-13-26-14-16-30)22(17-20)28-35(33,34)21-9-6-19(5-2)7-10-21/h6-11,17,26,28H,4-5,12-16,18H2,1-3H3,(H,27,31). The van der Waals surface area contributed by atoms with Crippen LogP contribution in [0.4, 0.5) is 11.4 Å². The number of rotatable bonds is 10. The maximum atomic E-state index is 13.2. The minimum absolute atomic E-state index is 0.0801. The largest absolute Gasteiger partial charge is 0.367 e. The van der Waals surface area contributed by atoms with Crippen LogP contribution in [-0.2, 0) is 21.2 Å². The molecule has 1 heterocycles. The molecule has 2 amide bonds. The Morgan fingerprint density at radius 2 is 1.74 bits per heavy atom. The van der Waals surface area contributed by atoms with Crippen LogP contribution in [0.3, 0.4) is 0 Å². The van der Waals surface area contributed by atoms with Crippen molar-refractivity contribution in [1.82, 2.24) is 15.5 Å². The van der Waals surface area contributed by atoms with Crippen molar-refractivity contribution in [1.29, 1.82) is 0 Å². The van der Waals surface area contributed by atoms with E-state index >= 15 is 0 Å². The van der Waals surface area contributed by atoms with Crippen LogP contribution >= 0.6 is 0 Å². The van der Waals surface area contributed by atoms with Gasteiger partial charge in [0.2, 0.25) is 5.91 Å². The lowest BCUT2D eigenvalue weighted by Crippen LogP contribution is -2.44. The fourth-order valence-electron chi connectivity index (χ4n) is 3.87. The lowest BCUT2D eigenvalue weighted by atomic mass is 10.1. The van der Waals surface area contributed by atoms with E-state index in [4.69, 9.17) is 0 Å². The highest BCUT2D eigenvalue weighted by Gasteiger charge is 2.23. The van der Waals surface area contributed by atoms with Gasteiger partial charge in [-0.05, 0) is 48.7 Å². The summed E-state index contributed by atoms with van der Waals surface area (Å²) in [7, 11) is -2.32. The third kappa shape index (κ3) is 6.95. The molecule has 0 aromatic heterocycles. The second-order valence-electron chi connectivity index (χ2n) is 8.58. The number of nitrogens with zero attached hydrogens (tertiary/aromatic N) is 2. The molecular formula is C25H35N5O4S. The summed E-state index contributed by atoms with van der Waals surface area (Å²) in [5.41, 5.74) is 2.39. The van der Waals surface area contributed by atoms with E-state index in [0.717, 1.165) is 31.5 Å². The minimum Gasteiger partial charge on any atom is -0.367 e. The van der Waals surface area contributed by atoms with E-state index in [1.165, 1.54) is 4.90 Å². The van der Waals surface area contributed by atoms with Gasteiger partial charge < -0.3 is 20.4 Å². The van der Waals surface area contributed by atoms with E-state index in [9.17, 15) is 18.0 Å². The Kier molecular flexibility index (Phi) is 9.11. The lowest BCUT2D eigenvalue weighted by Gasteiger charge is -2.31. The maximum Gasteiger partial charge on any atom is 0.261 e. The number of aryl methyl sites for hydroxylation is 1. The number of hydrogen-bond acceptors (Lipinski definition) is 6. The molecule has 2 aromatic carbocycles. The molecule has 1 saturated heterocycles. The smallest absolute Gasteiger partial charge is 0.261 e. The summed E-state index contributed by atoms with van der Waals surface area (Å²) in [5.74, 6) is -0.604. The Balaban J connectivity index is 1.90. The summed E-state index contributed by atoms with van der Waals surface area (Å²) in [6.07, 6.45) is 1.62. The Bertz CT molecular complexity index is 1130. The predicted octanol–water partition coefficient (Wildman–Crippen LogP) is 2.06. The maximum absolute atomic E-state index is 13.2. The van der Waals surface area contributed by atoms with Crippen molar-refractivity contribution in [2.45, 2.75) is 31.6 Å². The third-order valence-electron chi connectivity index (χ3n) is 5.89. The van der Waals surface area contributed by atoms with Gasteiger partial charge in [0.05, 0.1) is 22.8 Å². The number of likely N-dealkylation sites (N-methyl/N-ethyl adjacent to an activating group) is 1. The molecule has 1 aliphatic rings. The Labute approximate surface area is 207 Å². The van der Waals surface area contributed by atoms with Gasteiger partial charge in [-0.3, -0.25) is 14.3 Å². The van der Waals surface area contributed by atoms with E-state index in [0.29, 0.717) is 36.6 Å². The fourth-order valence-corrected chi connectivity index (χ4v) is 4.93. The molecule has 0 unspecified atom stereocenters. The van der Waals surface area contributed by atoms with Gasteiger partial charge in [-0.2, -0.15) is 0 Å². The van der Waals surface area contributed by atoms with Gasteiger partial charge >= 0.3 is 0 Å². The van der Waals surface area contributed by atoms with Crippen LogP contribution in [0, 0.1) is 0 Å². The van der Waals surface area contributed by atoms with E-state index in [-0.39, 0.29) is 23.3 Å². The SMILES string of the molecule is CCCNC(=O)CN(C)C(=O)c1ccc(N2CCNCC2)c(NS(=O)(=O)c2ccc(CC)cc2)c1. The van der Waals surface area contributed by atoms with Crippen molar-refractivity contribution in [3.05, 3.63) is 53.6 Å². The molecule has 1 aliphatic heterocycles. The molecule has 0 radical (unpaired) electrons. The van der Waals surface area contributed by atoms with Crippen LogP contribution < -0.4 is 20.3 Å². The van der Waals surface area contributed by atoms with Crippen molar-refractivity contribution in [2.75, 3.05) is 55.9 Å². The van der Waals surface area contributed by atoms with Gasteiger partial charge in [-0.25, -0.2) is 8.42 Å². The van der Waals surface area contributed by atoms with Crippen molar-refractivity contribution in [3.63, 3.8) is 0 Å². The molecule has 9 nitrogen and oxygen atoms in total. The second-order valence-corrected chi connectivity index (χ2v) is 10.3. The summed E-state index contributed by atoms with van der Waals surface area (Å²) in [6, 6.07) is 11.8. The number of hydrogen-bond donors (Lipinski definition) is 3. The quantitative estimate of drug-likeness (QED) is 0.460. The molecule has 0 spiro atoms. The monoisotopic (exact) mass is 501 g/mol. The Hall–Kier alpha value is -3.11. The zero-order valence-electron chi connectivity index (χ0n) is 20.6. The van der Waals surface area contributed by atoms with E-state index in [1.54, 1.807) is 49.5 Å². The number of carbonyl (C=O) groups excluding carboxylic acids is 2. The Morgan fingerprint density at radius 3 is 2.37 bits per heavy atom. The molecule has 0 saturated carbocycles. The summed E-state index contributed by atoms with van der Waals surface area (Å²) in [5, 5.41) is 6.04. The molecule has 0 aliphatic carbocycles. The molecule has 35 heavy (non-hydrogen) atoms. The summed E-state index contributed by atoms with van der Waals surface area (Å²) in [4.78, 5) is 28.7. The van der Waals surface area contributed by atoms with Gasteiger partial charge in [0.1, 0.15) is 0 Å². The van der Waals surface area contributed by atoms with E-state index in [2.05, 4.69) is 20.3 Å². The van der Waals surface area contributed by atoms with Crippen LogP contribution in [-0.4, -0.2) is 71.4 Å². The highest BCUT2D eigenvalue weighted by atomic mass is 32.2. The normalized spacial score (nSPS) is 13.9. The molecule has 3 rings (SSSR count). The van der Waals surface area contributed by atoms with Gasteiger partial charge in [-0.1, -0.05) is 26.0 Å². The van der Waals surface area contributed by atoms with Crippen molar-refractivity contribution in [2.24, 2.45) is 0 Å². The zero-order valence-corrected chi connectivity index (χ0v) is 21.5. The van der Waals surface area contributed by atoms with Crippen molar-refractivity contribution in [3.8, 4) is 0 Å². The molecule has 1 fully saturated rings. The van der Waals surface area contributed by atoms with Crippen LogP contribution in [0.1, 0.15) is 36.2 Å². The topological polar surface area (TPSA) is 111 Å². The molecule has 3 N–H and O–H groups in total. The summed E-state index contributed by atoms with van der Waals surface area (Å²) in [6.45, 7) is 7.41. The molecule has 10 heteroatoms. The van der Waals surface area contributed by atoms with E-state index in [1.807, 2.05) is 13.8 Å². The van der Waals surface area contributed by atoms with Crippen LogP contribution in [0.25, 0.3) is 0 Å². The van der Waals surface area contributed by atoms with Gasteiger partial charge in [0.25, 0.3) is 15.9 Å². The minimum atomic E-state index is -3.87. The number of sulfonamides is 1. The first-order chi connectivity index (χ1) is 16.7. The summed E-state index contributed by atoms with van der Waals surface area (Å²) >= 11 is 0.